The molecule has 2 aromatic carbocycles. The molecule has 5 fully saturated rings. The summed E-state index contributed by atoms with van der Waals surface area (Å²) in [5.74, 6) is -2.90. The number of halogens is 3. The molecule has 8 rings (SSSR count). The molecule has 4 saturated carbocycles. The first-order valence-corrected chi connectivity index (χ1v) is 18.9. The minimum absolute atomic E-state index is 0.0839. The maximum absolute atomic E-state index is 16.2. The van der Waals surface area contributed by atoms with E-state index in [4.69, 9.17) is 23.2 Å². The van der Waals surface area contributed by atoms with Gasteiger partial charge >= 0.3 is 0 Å². The molecule has 3 N–H and O–H groups in total. The van der Waals surface area contributed by atoms with Gasteiger partial charge in [-0.2, -0.15) is 0 Å². The molecule has 246 valence electrons. The number of amides is 2. The average molecular weight is 691 g/mol. The van der Waals surface area contributed by atoms with E-state index in [-0.39, 0.29) is 28.2 Å². The van der Waals surface area contributed by atoms with Crippen LogP contribution < -0.4 is 16.0 Å². The Morgan fingerprint density at radius 1 is 0.978 bits per heavy atom. The van der Waals surface area contributed by atoms with Crippen molar-refractivity contribution in [2.45, 2.75) is 99.1 Å². The van der Waals surface area contributed by atoms with E-state index in [2.05, 4.69) is 16.0 Å². The Labute approximate surface area is 278 Å². The van der Waals surface area contributed by atoms with Gasteiger partial charge < -0.3 is 10.6 Å². The molecule has 8 nitrogen and oxygen atoms in total. The highest BCUT2D eigenvalue weighted by Crippen LogP contribution is 2.63. The number of carbonyl (C=O) groups excluding carboxylic acids is 3. The Bertz CT molecular complexity index is 1740. The summed E-state index contributed by atoms with van der Waals surface area (Å²) >= 11 is 12.7. The summed E-state index contributed by atoms with van der Waals surface area (Å²) in [5, 5.41) is 10.4. The van der Waals surface area contributed by atoms with Crippen LogP contribution >= 0.6 is 23.2 Å². The SMILES string of the molecule is CS(=O)(=O)CC(=O)C12CCC(NC(=O)[C@@H]3NC4(CCCCC4)[C@@]4(C(=O)Nc5cc(Cl)ccc54)[C@H]3c3cccc(Cl)c3F)(CC1)CC2. The van der Waals surface area contributed by atoms with Crippen molar-refractivity contribution in [1.82, 2.24) is 10.6 Å². The third kappa shape index (κ3) is 4.76. The number of carbonyl (C=O) groups is 3. The fourth-order valence-corrected chi connectivity index (χ4v) is 10.9. The summed E-state index contributed by atoms with van der Waals surface area (Å²) in [6.45, 7) is 0. The molecule has 12 heteroatoms. The highest BCUT2D eigenvalue weighted by Gasteiger charge is 2.72. The smallest absolute Gasteiger partial charge is 0.238 e. The first-order chi connectivity index (χ1) is 21.7. The third-order valence-corrected chi connectivity index (χ3v) is 13.2. The minimum Gasteiger partial charge on any atom is -0.349 e. The summed E-state index contributed by atoms with van der Waals surface area (Å²) in [6, 6.07) is 9.05. The van der Waals surface area contributed by atoms with Gasteiger partial charge in [0.15, 0.2) is 15.6 Å². The number of Topliss-reactive ketones (excluding diaryl/α,β-unsaturated/α-hetero) is 1. The van der Waals surface area contributed by atoms with E-state index in [9.17, 15) is 22.8 Å². The van der Waals surface area contributed by atoms with Gasteiger partial charge in [0.25, 0.3) is 0 Å². The van der Waals surface area contributed by atoms with E-state index in [1.807, 2.05) is 6.07 Å². The van der Waals surface area contributed by atoms with E-state index >= 15 is 4.39 Å². The van der Waals surface area contributed by atoms with Crippen molar-refractivity contribution in [1.29, 1.82) is 0 Å². The lowest BCUT2D eigenvalue weighted by atomic mass is 9.55. The highest BCUT2D eigenvalue weighted by atomic mass is 35.5. The molecule has 2 aliphatic heterocycles. The third-order valence-electron chi connectivity index (χ3n) is 11.9. The van der Waals surface area contributed by atoms with Gasteiger partial charge in [0.05, 0.1) is 11.1 Å². The number of hydrogen-bond acceptors (Lipinski definition) is 6. The number of benzene rings is 2. The molecular weight excluding hydrogens is 652 g/mol. The summed E-state index contributed by atoms with van der Waals surface area (Å²) in [6.07, 6.45) is 8.11. The lowest BCUT2D eigenvalue weighted by Gasteiger charge is -2.53. The minimum atomic E-state index is -3.45. The average Bonchev–Trinajstić information content (AvgIpc) is 3.46. The lowest BCUT2D eigenvalue weighted by molar-refractivity contribution is -0.135. The van der Waals surface area contributed by atoms with Crippen molar-refractivity contribution in [2.75, 3.05) is 17.3 Å². The molecule has 6 aliphatic rings. The van der Waals surface area contributed by atoms with Crippen LogP contribution in [0.1, 0.15) is 87.7 Å². The number of rotatable bonds is 6. The Hall–Kier alpha value is -2.53. The first kappa shape index (κ1) is 32.0. The molecule has 1 saturated heterocycles. The molecule has 3 atom stereocenters. The Balaban J connectivity index is 1.29. The monoisotopic (exact) mass is 689 g/mol. The van der Waals surface area contributed by atoms with Gasteiger partial charge in [-0.05, 0) is 80.7 Å². The van der Waals surface area contributed by atoms with E-state index in [0.717, 1.165) is 25.5 Å². The van der Waals surface area contributed by atoms with Crippen LogP contribution in [0.15, 0.2) is 36.4 Å². The van der Waals surface area contributed by atoms with Crippen LogP contribution in [0.4, 0.5) is 10.1 Å². The van der Waals surface area contributed by atoms with Gasteiger partial charge in [-0.15, -0.1) is 0 Å². The van der Waals surface area contributed by atoms with Gasteiger partial charge in [0.2, 0.25) is 11.8 Å². The molecule has 2 amide bonds. The fourth-order valence-electron chi connectivity index (χ4n) is 9.74. The number of hydrogen-bond donors (Lipinski definition) is 3. The molecule has 0 radical (unpaired) electrons. The van der Waals surface area contributed by atoms with Crippen molar-refractivity contribution in [2.24, 2.45) is 5.41 Å². The molecule has 2 bridgehead atoms. The highest BCUT2D eigenvalue weighted by molar-refractivity contribution is 7.91. The summed E-state index contributed by atoms with van der Waals surface area (Å²) in [7, 11) is -3.45. The maximum atomic E-state index is 16.2. The zero-order valence-corrected chi connectivity index (χ0v) is 28.0. The largest absolute Gasteiger partial charge is 0.349 e. The molecule has 2 aromatic rings. The number of nitrogens with one attached hydrogen (secondary N) is 3. The second kappa shape index (κ2) is 11.0. The van der Waals surface area contributed by atoms with Gasteiger partial charge in [-0.3, -0.25) is 19.7 Å². The summed E-state index contributed by atoms with van der Waals surface area (Å²) in [4.78, 5) is 42.3. The Kier molecular flexibility index (Phi) is 7.66. The van der Waals surface area contributed by atoms with Crippen molar-refractivity contribution in [3.63, 3.8) is 0 Å². The van der Waals surface area contributed by atoms with Crippen LogP contribution in [0, 0.1) is 11.2 Å². The number of sulfone groups is 1. The second-order valence-electron chi connectivity index (χ2n) is 14.4. The predicted octanol–water partition coefficient (Wildman–Crippen LogP) is 5.60. The van der Waals surface area contributed by atoms with E-state index in [0.29, 0.717) is 67.6 Å². The normalized spacial score (nSPS) is 32.8. The molecule has 0 aromatic heterocycles. The van der Waals surface area contributed by atoms with E-state index in [1.54, 1.807) is 24.3 Å². The van der Waals surface area contributed by atoms with Gasteiger partial charge in [-0.1, -0.05) is 60.7 Å². The van der Waals surface area contributed by atoms with Gasteiger partial charge in [0, 0.05) is 39.4 Å². The van der Waals surface area contributed by atoms with Crippen LogP contribution in [0.3, 0.4) is 0 Å². The second-order valence-corrected chi connectivity index (χ2v) is 17.4. The number of ketones is 1. The number of anilines is 1. The van der Waals surface area contributed by atoms with Gasteiger partial charge in [0.1, 0.15) is 17.0 Å². The predicted molar refractivity (Wildman–Crippen MR) is 174 cm³/mol. The quantitative estimate of drug-likeness (QED) is 0.363. The van der Waals surface area contributed by atoms with Crippen LogP contribution in [0.25, 0.3) is 0 Å². The topological polar surface area (TPSA) is 121 Å². The van der Waals surface area contributed by atoms with Crippen LogP contribution in [0.5, 0.6) is 0 Å². The molecular formula is C34H38Cl2FN3O5S. The van der Waals surface area contributed by atoms with Gasteiger partial charge in [-0.25, -0.2) is 12.8 Å². The van der Waals surface area contributed by atoms with E-state index < -0.39 is 55.3 Å². The standard InChI is InChI=1S/C34H38Cl2FN3O5S/c1-46(44,45)19-25(41)31-12-15-32(16-13-31,17-14-31)40-29(42)28-26(21-6-5-7-23(36)27(21)37)34(33(39-28)10-3-2-4-11-33)22-9-8-20(35)18-24(22)38-30(34)43/h5-9,18,26,28,39H,2-4,10-17,19H2,1H3,(H,38,43)(H,40,42)/t26-,28+,31?,32?,34+/m0/s1. The zero-order valence-electron chi connectivity index (χ0n) is 25.7. The molecule has 4 aliphatic carbocycles. The van der Waals surface area contributed by atoms with Crippen molar-refractivity contribution >= 4 is 56.3 Å². The molecule has 2 spiro atoms. The molecule has 0 unspecified atom stereocenters. The zero-order chi connectivity index (χ0) is 32.7. The maximum Gasteiger partial charge on any atom is 0.238 e. The van der Waals surface area contributed by atoms with Crippen molar-refractivity contribution < 1.29 is 27.2 Å². The Morgan fingerprint density at radius 2 is 1.65 bits per heavy atom. The van der Waals surface area contributed by atoms with Crippen LogP contribution in [-0.4, -0.2) is 55.1 Å². The van der Waals surface area contributed by atoms with Crippen molar-refractivity contribution in [3.8, 4) is 0 Å². The first-order valence-electron chi connectivity index (χ1n) is 16.1. The fraction of sp³-hybridized carbons (Fsp3) is 0.559. The Morgan fingerprint density at radius 3 is 2.30 bits per heavy atom. The molecule has 2 heterocycles. The van der Waals surface area contributed by atoms with Crippen molar-refractivity contribution in [3.05, 3.63) is 63.4 Å². The van der Waals surface area contributed by atoms with Crippen LogP contribution in [-0.2, 0) is 29.6 Å². The summed E-state index contributed by atoms with van der Waals surface area (Å²) < 4.78 is 40.0. The van der Waals surface area contributed by atoms with E-state index in [1.165, 1.54) is 6.07 Å². The molecule has 46 heavy (non-hydrogen) atoms. The summed E-state index contributed by atoms with van der Waals surface area (Å²) in [5.41, 5.74) is -1.95. The number of fused-ring (bicyclic) bond motifs is 6. The van der Waals surface area contributed by atoms with Crippen LogP contribution in [0.2, 0.25) is 10.0 Å². The lowest BCUT2D eigenvalue weighted by Crippen LogP contribution is -2.62.